The van der Waals surface area contributed by atoms with Crippen LogP contribution in [0.2, 0.25) is 0 Å². The van der Waals surface area contributed by atoms with E-state index in [2.05, 4.69) is 0 Å². The van der Waals surface area contributed by atoms with E-state index in [-0.39, 0.29) is 12.4 Å². The second-order valence-electron chi connectivity index (χ2n) is 4.45. The van der Waals surface area contributed by atoms with E-state index in [1.165, 1.54) is 6.20 Å². The van der Waals surface area contributed by atoms with E-state index in [1.54, 1.807) is 31.4 Å². The molecule has 0 fully saturated rings. The molecule has 3 rings (SSSR count). The predicted molar refractivity (Wildman–Crippen MR) is 73.0 cm³/mol. The number of carbonyl (C=O) groups is 1. The van der Waals surface area contributed by atoms with Gasteiger partial charge in [0.15, 0.2) is 6.20 Å². The van der Waals surface area contributed by atoms with Gasteiger partial charge in [-0.15, -0.1) is 0 Å². The summed E-state index contributed by atoms with van der Waals surface area (Å²) in [6, 6.07) is 6.97. The van der Waals surface area contributed by atoms with E-state index in [4.69, 9.17) is 9.15 Å². The molecule has 0 bridgehead atoms. The molecule has 0 saturated carbocycles. The molecule has 20 heavy (non-hydrogen) atoms. The van der Waals surface area contributed by atoms with E-state index in [9.17, 15) is 10.0 Å². The number of furan rings is 1. The maximum absolute atomic E-state index is 11.8. The average Bonchev–Trinajstić information content (AvgIpc) is 2.83. The molecule has 0 amide bonds. The largest absolute Gasteiger partial charge is 0.618 e. The second kappa shape index (κ2) is 4.85. The predicted octanol–water partition coefficient (Wildman–Crippen LogP) is 2.33. The van der Waals surface area contributed by atoms with Crippen molar-refractivity contribution in [2.24, 2.45) is 0 Å². The number of esters is 1. The highest BCUT2D eigenvalue weighted by atomic mass is 16.5. The first-order valence-corrected chi connectivity index (χ1v) is 6.37. The van der Waals surface area contributed by atoms with Crippen LogP contribution in [0.25, 0.3) is 21.9 Å². The summed E-state index contributed by atoms with van der Waals surface area (Å²) in [4.78, 5) is 11.6. The van der Waals surface area contributed by atoms with Gasteiger partial charge in [0.2, 0.25) is 5.52 Å². The van der Waals surface area contributed by atoms with Gasteiger partial charge in [0, 0.05) is 23.1 Å². The summed E-state index contributed by atoms with van der Waals surface area (Å²) in [5.74, 6) is -0.307. The van der Waals surface area contributed by atoms with Crippen LogP contribution in [0, 0.1) is 5.21 Å². The minimum Gasteiger partial charge on any atom is -0.618 e. The maximum Gasteiger partial charge on any atom is 0.310 e. The fourth-order valence-corrected chi connectivity index (χ4v) is 2.37. The lowest BCUT2D eigenvalue weighted by Gasteiger charge is -2.03. The molecule has 5 nitrogen and oxygen atoms in total. The van der Waals surface area contributed by atoms with Crippen molar-refractivity contribution in [2.75, 3.05) is 6.61 Å². The lowest BCUT2D eigenvalue weighted by Crippen LogP contribution is -2.25. The molecule has 0 unspecified atom stereocenters. The number of rotatable bonds is 3. The van der Waals surface area contributed by atoms with E-state index in [1.807, 2.05) is 6.07 Å². The standard InChI is InChI=1S/C15H13NO4/c1-2-19-14(17)8-10-9-20-13-6-5-12-11(15(10)13)4-3-7-16(12)18/h3-7,9H,2,8H2,1H3. The number of pyridine rings is 1. The van der Waals surface area contributed by atoms with E-state index >= 15 is 0 Å². The normalized spacial score (nSPS) is 11.1. The molecule has 2 aromatic heterocycles. The Kier molecular flexibility index (Phi) is 3.02. The summed E-state index contributed by atoms with van der Waals surface area (Å²) >= 11 is 0. The third-order valence-corrected chi connectivity index (χ3v) is 3.20. The molecule has 0 aliphatic rings. The Bertz CT molecular complexity index is 791. The van der Waals surface area contributed by atoms with Gasteiger partial charge in [0.05, 0.1) is 24.7 Å². The number of ether oxygens (including phenoxy) is 1. The number of aromatic nitrogens is 1. The van der Waals surface area contributed by atoms with Crippen molar-refractivity contribution in [1.82, 2.24) is 0 Å². The highest BCUT2D eigenvalue weighted by molar-refractivity contribution is 6.06. The number of hydrogen-bond acceptors (Lipinski definition) is 4. The lowest BCUT2D eigenvalue weighted by atomic mass is 10.1. The summed E-state index contributed by atoms with van der Waals surface area (Å²) in [5.41, 5.74) is 1.93. The van der Waals surface area contributed by atoms with Crippen molar-refractivity contribution < 1.29 is 18.7 Å². The quantitative estimate of drug-likeness (QED) is 0.416. The third kappa shape index (κ3) is 1.97. The molecule has 5 heteroatoms. The molecule has 0 N–H and O–H groups in total. The summed E-state index contributed by atoms with van der Waals surface area (Å²) in [6.07, 6.45) is 3.12. The van der Waals surface area contributed by atoms with Gasteiger partial charge in [-0.2, -0.15) is 4.73 Å². The van der Waals surface area contributed by atoms with Crippen LogP contribution in [0.1, 0.15) is 12.5 Å². The van der Waals surface area contributed by atoms with Crippen molar-refractivity contribution in [1.29, 1.82) is 0 Å². The first kappa shape index (κ1) is 12.5. The molecule has 0 aliphatic carbocycles. The number of nitrogens with zero attached hydrogens (tertiary/aromatic N) is 1. The fraction of sp³-hybridized carbons (Fsp3) is 0.200. The van der Waals surface area contributed by atoms with E-state index in [0.29, 0.717) is 17.7 Å². The van der Waals surface area contributed by atoms with Gasteiger partial charge < -0.3 is 14.4 Å². The summed E-state index contributed by atoms with van der Waals surface area (Å²) in [7, 11) is 0. The summed E-state index contributed by atoms with van der Waals surface area (Å²) in [6.45, 7) is 2.11. The molecule has 0 saturated heterocycles. The SMILES string of the molecule is CCOC(=O)Cc1coc2ccc3c(ccc[n+]3[O-])c12. The van der Waals surface area contributed by atoms with Gasteiger partial charge in [-0.05, 0) is 19.1 Å². The van der Waals surface area contributed by atoms with Gasteiger partial charge >= 0.3 is 5.97 Å². The number of fused-ring (bicyclic) bond motifs is 3. The number of carbonyl (C=O) groups excluding carboxylic acids is 1. The molecule has 0 spiro atoms. The van der Waals surface area contributed by atoms with Gasteiger partial charge in [-0.3, -0.25) is 4.79 Å². The first-order chi connectivity index (χ1) is 9.70. The van der Waals surface area contributed by atoms with Crippen LogP contribution in [0.15, 0.2) is 41.1 Å². The molecule has 0 aliphatic heterocycles. The van der Waals surface area contributed by atoms with Gasteiger partial charge in [0.1, 0.15) is 5.58 Å². The Morgan fingerprint density at radius 3 is 3.05 bits per heavy atom. The van der Waals surface area contributed by atoms with Crippen LogP contribution in [-0.2, 0) is 16.0 Å². The van der Waals surface area contributed by atoms with E-state index < -0.39 is 0 Å². The van der Waals surface area contributed by atoms with Crippen LogP contribution in [0.3, 0.4) is 0 Å². The Morgan fingerprint density at radius 2 is 2.25 bits per heavy atom. The molecule has 3 aromatic rings. The molecular formula is C15H13NO4. The van der Waals surface area contributed by atoms with Crippen LogP contribution in [0.4, 0.5) is 0 Å². The summed E-state index contributed by atoms with van der Waals surface area (Å²) in [5, 5.41) is 13.3. The minimum atomic E-state index is -0.307. The van der Waals surface area contributed by atoms with Crippen molar-refractivity contribution in [3.05, 3.63) is 47.5 Å². The molecule has 102 valence electrons. The summed E-state index contributed by atoms with van der Waals surface area (Å²) < 4.78 is 11.2. The monoisotopic (exact) mass is 271 g/mol. The van der Waals surface area contributed by atoms with Crippen LogP contribution in [-0.4, -0.2) is 12.6 Å². The van der Waals surface area contributed by atoms with E-state index in [0.717, 1.165) is 21.1 Å². The number of benzene rings is 1. The Morgan fingerprint density at radius 1 is 1.40 bits per heavy atom. The second-order valence-corrected chi connectivity index (χ2v) is 4.45. The lowest BCUT2D eigenvalue weighted by molar-refractivity contribution is -0.576. The highest BCUT2D eigenvalue weighted by Gasteiger charge is 2.16. The molecule has 2 heterocycles. The van der Waals surface area contributed by atoms with Crippen molar-refractivity contribution in [3.8, 4) is 0 Å². The Labute approximate surface area is 115 Å². The fourth-order valence-electron chi connectivity index (χ4n) is 2.37. The zero-order chi connectivity index (χ0) is 14.1. The first-order valence-electron chi connectivity index (χ1n) is 6.37. The highest BCUT2D eigenvalue weighted by Crippen LogP contribution is 2.28. The van der Waals surface area contributed by atoms with Crippen LogP contribution < -0.4 is 4.73 Å². The maximum atomic E-state index is 11.8. The molecular weight excluding hydrogens is 258 g/mol. The Balaban J connectivity index is 2.19. The zero-order valence-corrected chi connectivity index (χ0v) is 11.0. The molecule has 0 radical (unpaired) electrons. The average molecular weight is 271 g/mol. The van der Waals surface area contributed by atoms with Gasteiger partial charge in [0.25, 0.3) is 0 Å². The van der Waals surface area contributed by atoms with Crippen LogP contribution >= 0.6 is 0 Å². The van der Waals surface area contributed by atoms with Gasteiger partial charge in [-0.1, -0.05) is 0 Å². The molecule has 0 atom stereocenters. The van der Waals surface area contributed by atoms with Crippen molar-refractivity contribution >= 4 is 27.8 Å². The minimum absolute atomic E-state index is 0.133. The topological polar surface area (TPSA) is 66.4 Å². The molecule has 1 aromatic carbocycles. The van der Waals surface area contributed by atoms with Crippen molar-refractivity contribution in [3.63, 3.8) is 0 Å². The Hall–Kier alpha value is -2.56. The zero-order valence-electron chi connectivity index (χ0n) is 11.0. The number of hydrogen-bond donors (Lipinski definition) is 0. The third-order valence-electron chi connectivity index (χ3n) is 3.20. The van der Waals surface area contributed by atoms with Crippen LogP contribution in [0.5, 0.6) is 0 Å². The smallest absolute Gasteiger partial charge is 0.310 e. The van der Waals surface area contributed by atoms with Crippen molar-refractivity contribution in [2.45, 2.75) is 13.3 Å². The van der Waals surface area contributed by atoms with Gasteiger partial charge in [-0.25, -0.2) is 0 Å².